The molecule has 1 heterocycles. The Kier molecular flexibility index (Phi) is 7.26. The fourth-order valence-electron chi connectivity index (χ4n) is 3.60. The van der Waals surface area contributed by atoms with Crippen molar-refractivity contribution >= 4 is 21.4 Å². The first kappa shape index (κ1) is 23.1. The van der Waals surface area contributed by atoms with Crippen LogP contribution in [0.15, 0.2) is 53.4 Å². The minimum atomic E-state index is -3.79. The van der Waals surface area contributed by atoms with Crippen molar-refractivity contribution in [2.75, 3.05) is 58.8 Å². The summed E-state index contributed by atoms with van der Waals surface area (Å²) < 4.78 is 28.3. The van der Waals surface area contributed by atoms with E-state index in [0.717, 1.165) is 37.4 Å². The lowest BCUT2D eigenvalue weighted by Crippen LogP contribution is -2.48. The van der Waals surface area contributed by atoms with Crippen molar-refractivity contribution in [2.24, 2.45) is 0 Å². The van der Waals surface area contributed by atoms with E-state index in [1.807, 2.05) is 43.3 Å². The van der Waals surface area contributed by atoms with Gasteiger partial charge in [0.25, 0.3) is 5.69 Å². The summed E-state index contributed by atoms with van der Waals surface area (Å²) in [6.07, 6.45) is 0. The predicted octanol–water partition coefficient (Wildman–Crippen LogP) is 1.93. The van der Waals surface area contributed by atoms with E-state index in [1.165, 1.54) is 24.3 Å². The molecular formula is C21H29N5O4S. The molecule has 0 spiro atoms. The standard InChI is InChI=1S/C21H29N5O4S/c1-23(2)18-6-4-17(5-7-18)21(25-14-12-24(3)13-15-25)16-22-31(29,30)20-10-8-19(9-11-20)26(27)28/h4-11,21-22H,12-16H2,1-3H3/t21-/m0/s1. The number of hydrogen-bond acceptors (Lipinski definition) is 7. The van der Waals surface area contributed by atoms with Crippen LogP contribution in [0.5, 0.6) is 0 Å². The number of hydrogen-bond donors (Lipinski definition) is 1. The summed E-state index contributed by atoms with van der Waals surface area (Å²) in [6, 6.07) is 13.0. The van der Waals surface area contributed by atoms with Crippen molar-refractivity contribution < 1.29 is 13.3 Å². The third kappa shape index (κ3) is 5.79. The first-order valence-corrected chi connectivity index (χ1v) is 11.6. The van der Waals surface area contributed by atoms with E-state index in [2.05, 4.69) is 21.6 Å². The number of piperazine rings is 1. The summed E-state index contributed by atoms with van der Waals surface area (Å²) in [5.74, 6) is 0. The average Bonchev–Trinajstić information content (AvgIpc) is 2.75. The van der Waals surface area contributed by atoms with Gasteiger partial charge in [0.05, 0.1) is 9.82 Å². The van der Waals surface area contributed by atoms with Gasteiger partial charge in [-0.2, -0.15) is 0 Å². The summed E-state index contributed by atoms with van der Waals surface area (Å²) >= 11 is 0. The van der Waals surface area contributed by atoms with Gasteiger partial charge in [0.2, 0.25) is 10.0 Å². The first-order chi connectivity index (χ1) is 14.7. The van der Waals surface area contributed by atoms with E-state index in [-0.39, 0.29) is 23.2 Å². The second-order valence-corrected chi connectivity index (χ2v) is 9.71. The zero-order valence-corrected chi connectivity index (χ0v) is 18.9. The molecule has 1 N–H and O–H groups in total. The number of anilines is 1. The van der Waals surface area contributed by atoms with Crippen LogP contribution in [-0.2, 0) is 10.0 Å². The van der Waals surface area contributed by atoms with Crippen LogP contribution >= 0.6 is 0 Å². The quantitative estimate of drug-likeness (QED) is 0.488. The molecule has 1 aliphatic heterocycles. The van der Waals surface area contributed by atoms with Crippen molar-refractivity contribution in [2.45, 2.75) is 10.9 Å². The Bertz CT molecular complexity index is 985. The number of rotatable bonds is 8. The molecule has 0 bridgehead atoms. The summed E-state index contributed by atoms with van der Waals surface area (Å²) in [4.78, 5) is 16.9. The van der Waals surface area contributed by atoms with Gasteiger partial charge in [-0.05, 0) is 36.9 Å². The van der Waals surface area contributed by atoms with Gasteiger partial charge in [0.1, 0.15) is 0 Å². The van der Waals surface area contributed by atoms with Gasteiger partial charge in [-0.25, -0.2) is 13.1 Å². The molecule has 3 rings (SSSR count). The number of sulfonamides is 1. The van der Waals surface area contributed by atoms with Gasteiger partial charge in [-0.15, -0.1) is 0 Å². The molecule has 1 atom stereocenters. The summed E-state index contributed by atoms with van der Waals surface area (Å²) in [7, 11) is 2.24. The molecule has 0 aliphatic carbocycles. The topological polar surface area (TPSA) is 99.0 Å². The minimum Gasteiger partial charge on any atom is -0.378 e. The minimum absolute atomic E-state index is 0.0122. The summed E-state index contributed by atoms with van der Waals surface area (Å²) in [5.41, 5.74) is 1.98. The summed E-state index contributed by atoms with van der Waals surface area (Å²) in [5, 5.41) is 10.8. The highest BCUT2D eigenvalue weighted by Crippen LogP contribution is 2.25. The van der Waals surface area contributed by atoms with Crippen LogP contribution < -0.4 is 9.62 Å². The zero-order valence-electron chi connectivity index (χ0n) is 18.1. The van der Waals surface area contributed by atoms with Gasteiger partial charge in [0.15, 0.2) is 0 Å². The third-order valence-electron chi connectivity index (χ3n) is 5.60. The molecule has 1 fully saturated rings. The molecule has 0 unspecified atom stereocenters. The Morgan fingerprint density at radius 1 is 1.03 bits per heavy atom. The first-order valence-electron chi connectivity index (χ1n) is 10.1. The van der Waals surface area contributed by atoms with E-state index in [9.17, 15) is 18.5 Å². The van der Waals surface area contributed by atoms with Crippen LogP contribution in [0, 0.1) is 10.1 Å². The number of nitrogens with zero attached hydrogens (tertiary/aromatic N) is 4. The van der Waals surface area contributed by atoms with E-state index in [1.54, 1.807) is 0 Å². The molecule has 0 aromatic heterocycles. The van der Waals surface area contributed by atoms with Crippen LogP contribution in [0.4, 0.5) is 11.4 Å². The molecule has 0 radical (unpaired) electrons. The number of likely N-dealkylation sites (N-methyl/N-ethyl adjacent to an activating group) is 1. The average molecular weight is 448 g/mol. The lowest BCUT2D eigenvalue weighted by molar-refractivity contribution is -0.384. The van der Waals surface area contributed by atoms with Gasteiger partial charge in [-0.1, -0.05) is 12.1 Å². The molecular weight excluding hydrogens is 418 g/mol. The van der Waals surface area contributed by atoms with Crippen molar-refractivity contribution in [3.63, 3.8) is 0 Å². The maximum atomic E-state index is 12.8. The Morgan fingerprint density at radius 3 is 2.13 bits per heavy atom. The number of non-ortho nitro benzene ring substituents is 1. The normalized spacial score (nSPS) is 16.7. The molecule has 2 aromatic rings. The Labute approximate surface area is 183 Å². The van der Waals surface area contributed by atoms with Crippen molar-refractivity contribution in [1.29, 1.82) is 0 Å². The van der Waals surface area contributed by atoms with Crippen molar-refractivity contribution in [1.82, 2.24) is 14.5 Å². The Balaban J connectivity index is 1.79. The van der Waals surface area contributed by atoms with Gasteiger partial charge < -0.3 is 9.80 Å². The molecule has 1 aliphatic rings. The van der Waals surface area contributed by atoms with Crippen LogP contribution in [0.25, 0.3) is 0 Å². The van der Waals surface area contributed by atoms with E-state index >= 15 is 0 Å². The molecule has 31 heavy (non-hydrogen) atoms. The Morgan fingerprint density at radius 2 is 1.61 bits per heavy atom. The van der Waals surface area contributed by atoms with Gasteiger partial charge in [0, 0.05) is 70.7 Å². The fourth-order valence-corrected chi connectivity index (χ4v) is 4.64. The Hall–Kier alpha value is -2.53. The SMILES string of the molecule is CN1CCN([C@@H](CNS(=O)(=O)c2ccc([N+](=O)[O-])cc2)c2ccc(N(C)C)cc2)CC1. The van der Waals surface area contributed by atoms with Crippen LogP contribution in [0.2, 0.25) is 0 Å². The summed E-state index contributed by atoms with van der Waals surface area (Å²) in [6.45, 7) is 3.73. The maximum Gasteiger partial charge on any atom is 0.269 e. The monoisotopic (exact) mass is 447 g/mol. The highest BCUT2D eigenvalue weighted by molar-refractivity contribution is 7.89. The number of nitro benzene ring substituents is 1. The second kappa shape index (κ2) is 9.73. The number of nitrogens with one attached hydrogen (secondary N) is 1. The third-order valence-corrected chi connectivity index (χ3v) is 7.04. The molecule has 2 aromatic carbocycles. The molecule has 0 amide bonds. The van der Waals surface area contributed by atoms with Gasteiger partial charge in [-0.3, -0.25) is 15.0 Å². The zero-order chi connectivity index (χ0) is 22.6. The smallest absolute Gasteiger partial charge is 0.269 e. The second-order valence-electron chi connectivity index (χ2n) is 7.94. The van der Waals surface area contributed by atoms with Crippen molar-refractivity contribution in [3.05, 3.63) is 64.2 Å². The van der Waals surface area contributed by atoms with E-state index in [4.69, 9.17) is 0 Å². The number of benzene rings is 2. The van der Waals surface area contributed by atoms with Gasteiger partial charge >= 0.3 is 0 Å². The maximum absolute atomic E-state index is 12.8. The predicted molar refractivity (Wildman–Crippen MR) is 121 cm³/mol. The van der Waals surface area contributed by atoms with E-state index < -0.39 is 14.9 Å². The highest BCUT2D eigenvalue weighted by atomic mass is 32.2. The number of nitro groups is 1. The largest absolute Gasteiger partial charge is 0.378 e. The van der Waals surface area contributed by atoms with Crippen molar-refractivity contribution in [3.8, 4) is 0 Å². The van der Waals surface area contributed by atoms with Crippen LogP contribution in [0.1, 0.15) is 11.6 Å². The van der Waals surface area contributed by atoms with E-state index in [0.29, 0.717) is 0 Å². The lowest BCUT2D eigenvalue weighted by atomic mass is 10.0. The molecule has 10 heteroatoms. The molecule has 9 nitrogen and oxygen atoms in total. The molecule has 168 valence electrons. The van der Waals surface area contributed by atoms with Crippen LogP contribution in [0.3, 0.4) is 0 Å². The highest BCUT2D eigenvalue weighted by Gasteiger charge is 2.26. The molecule has 0 saturated carbocycles. The lowest BCUT2D eigenvalue weighted by Gasteiger charge is -2.38. The molecule has 1 saturated heterocycles. The van der Waals surface area contributed by atoms with Crippen LogP contribution in [-0.4, -0.2) is 77.0 Å². The fraction of sp³-hybridized carbons (Fsp3) is 0.429.